The lowest BCUT2D eigenvalue weighted by Gasteiger charge is -2.04. The van der Waals surface area contributed by atoms with Crippen molar-refractivity contribution in [2.24, 2.45) is 7.05 Å². The Balaban J connectivity index is 2.33. The molecule has 0 fully saturated rings. The zero-order valence-electron chi connectivity index (χ0n) is 10.4. The molecule has 0 saturated heterocycles. The summed E-state index contributed by atoms with van der Waals surface area (Å²) in [6, 6.07) is 0. The number of sulfonamides is 1. The number of methoxy groups -OCH3 is 1. The third kappa shape index (κ3) is 4.46. The van der Waals surface area contributed by atoms with Gasteiger partial charge in [-0.25, -0.2) is 13.1 Å². The number of aromatic nitrogens is 2. The SMILES string of the molecule is COC(=O)CCCCNS(=O)(=O)c1cnn(C)c1. The number of unbranched alkanes of at least 4 members (excludes halogenated alkanes) is 1. The summed E-state index contributed by atoms with van der Waals surface area (Å²) < 4.78 is 31.8. The van der Waals surface area contributed by atoms with Crippen LogP contribution in [0, 0.1) is 0 Å². The van der Waals surface area contributed by atoms with Crippen LogP contribution in [0.25, 0.3) is 0 Å². The molecule has 0 bridgehead atoms. The van der Waals surface area contributed by atoms with Gasteiger partial charge < -0.3 is 4.74 Å². The number of rotatable bonds is 7. The van der Waals surface area contributed by atoms with Crippen molar-refractivity contribution in [1.29, 1.82) is 0 Å². The van der Waals surface area contributed by atoms with Crippen LogP contribution >= 0.6 is 0 Å². The number of aryl methyl sites for hydroxylation is 1. The van der Waals surface area contributed by atoms with Crippen LogP contribution in [-0.4, -0.2) is 37.8 Å². The van der Waals surface area contributed by atoms with Gasteiger partial charge in [-0.1, -0.05) is 0 Å². The molecule has 0 saturated carbocycles. The topological polar surface area (TPSA) is 90.3 Å². The number of carbonyl (C=O) groups is 1. The van der Waals surface area contributed by atoms with Gasteiger partial charge in [-0.3, -0.25) is 9.48 Å². The highest BCUT2D eigenvalue weighted by molar-refractivity contribution is 7.89. The maximum Gasteiger partial charge on any atom is 0.305 e. The van der Waals surface area contributed by atoms with Gasteiger partial charge in [-0.05, 0) is 12.8 Å². The van der Waals surface area contributed by atoms with E-state index < -0.39 is 10.0 Å². The van der Waals surface area contributed by atoms with E-state index in [0.717, 1.165) is 0 Å². The van der Waals surface area contributed by atoms with Crippen molar-refractivity contribution < 1.29 is 17.9 Å². The van der Waals surface area contributed by atoms with Gasteiger partial charge in [0.25, 0.3) is 0 Å². The normalized spacial score (nSPS) is 11.4. The molecule has 0 aliphatic carbocycles. The lowest BCUT2D eigenvalue weighted by atomic mass is 10.2. The quantitative estimate of drug-likeness (QED) is 0.560. The number of esters is 1. The van der Waals surface area contributed by atoms with Crippen LogP contribution in [0.5, 0.6) is 0 Å². The monoisotopic (exact) mass is 275 g/mol. The van der Waals surface area contributed by atoms with E-state index in [1.54, 1.807) is 7.05 Å². The molecule has 7 nitrogen and oxygen atoms in total. The molecule has 1 N–H and O–H groups in total. The van der Waals surface area contributed by atoms with E-state index in [4.69, 9.17) is 0 Å². The van der Waals surface area contributed by atoms with Crippen molar-refractivity contribution in [2.45, 2.75) is 24.2 Å². The molecule has 0 atom stereocenters. The van der Waals surface area contributed by atoms with Crippen molar-refractivity contribution in [1.82, 2.24) is 14.5 Å². The van der Waals surface area contributed by atoms with Gasteiger partial charge >= 0.3 is 5.97 Å². The molecule has 0 unspecified atom stereocenters. The largest absolute Gasteiger partial charge is 0.469 e. The Labute approximate surface area is 106 Å². The van der Waals surface area contributed by atoms with Crippen molar-refractivity contribution in [3.63, 3.8) is 0 Å². The summed E-state index contributed by atoms with van der Waals surface area (Å²) in [5.41, 5.74) is 0. The van der Waals surface area contributed by atoms with Crippen molar-refractivity contribution >= 4 is 16.0 Å². The Morgan fingerprint density at radius 1 is 1.50 bits per heavy atom. The fraction of sp³-hybridized carbons (Fsp3) is 0.600. The Hall–Kier alpha value is -1.41. The van der Waals surface area contributed by atoms with Crippen LogP contribution < -0.4 is 4.72 Å². The first-order valence-corrected chi connectivity index (χ1v) is 6.99. The molecule has 0 aliphatic rings. The molecule has 8 heteroatoms. The van der Waals surface area contributed by atoms with Crippen molar-refractivity contribution in [2.75, 3.05) is 13.7 Å². The molecule has 18 heavy (non-hydrogen) atoms. The van der Waals surface area contributed by atoms with Crippen molar-refractivity contribution in [3.05, 3.63) is 12.4 Å². The minimum absolute atomic E-state index is 0.137. The summed E-state index contributed by atoms with van der Waals surface area (Å²) >= 11 is 0. The van der Waals surface area contributed by atoms with Gasteiger partial charge in [0.2, 0.25) is 10.0 Å². The van der Waals surface area contributed by atoms with Crippen LogP contribution in [0.15, 0.2) is 17.3 Å². The number of nitrogens with zero attached hydrogens (tertiary/aromatic N) is 2. The number of ether oxygens (including phenoxy) is 1. The first-order chi connectivity index (χ1) is 8.45. The van der Waals surface area contributed by atoms with Crippen LogP contribution in [0.2, 0.25) is 0 Å². The summed E-state index contributed by atoms with van der Waals surface area (Å²) in [4.78, 5) is 11.0. The molecule has 0 aromatic carbocycles. The second-order valence-corrected chi connectivity index (χ2v) is 5.55. The average molecular weight is 275 g/mol. The lowest BCUT2D eigenvalue weighted by molar-refractivity contribution is -0.140. The zero-order valence-corrected chi connectivity index (χ0v) is 11.2. The molecule has 1 rings (SSSR count). The summed E-state index contributed by atoms with van der Waals surface area (Å²) in [5.74, 6) is -0.287. The van der Waals surface area contributed by atoms with Gasteiger partial charge in [-0.2, -0.15) is 5.10 Å². The fourth-order valence-corrected chi connectivity index (χ4v) is 2.38. The first kappa shape index (κ1) is 14.7. The Kier molecular flexibility index (Phi) is 5.29. The maximum absolute atomic E-state index is 11.7. The predicted molar refractivity (Wildman–Crippen MR) is 64.3 cm³/mol. The standard InChI is InChI=1S/C10H17N3O4S/c1-13-8-9(7-11-13)18(15,16)12-6-4-3-5-10(14)17-2/h7-8,12H,3-6H2,1-2H3. The third-order valence-corrected chi connectivity index (χ3v) is 3.73. The molecule has 1 aromatic rings. The van der Waals surface area contributed by atoms with E-state index in [2.05, 4.69) is 14.6 Å². The van der Waals surface area contributed by atoms with Crippen LogP contribution in [0.3, 0.4) is 0 Å². The van der Waals surface area contributed by atoms with E-state index in [1.807, 2.05) is 0 Å². The zero-order chi connectivity index (χ0) is 13.6. The molecular formula is C10H17N3O4S. The van der Waals surface area contributed by atoms with Gasteiger partial charge in [0.15, 0.2) is 0 Å². The lowest BCUT2D eigenvalue weighted by Crippen LogP contribution is -2.24. The van der Waals surface area contributed by atoms with E-state index >= 15 is 0 Å². The second-order valence-electron chi connectivity index (χ2n) is 3.78. The molecule has 0 amide bonds. The highest BCUT2D eigenvalue weighted by atomic mass is 32.2. The predicted octanol–water partition coefficient (Wildman–Crippen LogP) is 0.0417. The number of nitrogens with one attached hydrogen (secondary N) is 1. The van der Waals surface area contributed by atoms with Gasteiger partial charge in [-0.15, -0.1) is 0 Å². The van der Waals surface area contributed by atoms with E-state index in [0.29, 0.717) is 19.3 Å². The van der Waals surface area contributed by atoms with E-state index in [9.17, 15) is 13.2 Å². The highest BCUT2D eigenvalue weighted by Gasteiger charge is 2.14. The summed E-state index contributed by atoms with van der Waals surface area (Å²) in [5, 5.41) is 3.80. The Morgan fingerprint density at radius 2 is 2.22 bits per heavy atom. The average Bonchev–Trinajstić information content (AvgIpc) is 2.75. The second kappa shape index (κ2) is 6.50. The van der Waals surface area contributed by atoms with Gasteiger partial charge in [0.1, 0.15) is 4.90 Å². The molecule has 0 spiro atoms. The van der Waals surface area contributed by atoms with Crippen LogP contribution in [0.1, 0.15) is 19.3 Å². The smallest absolute Gasteiger partial charge is 0.305 e. The summed E-state index contributed by atoms with van der Waals surface area (Å²) in [6.45, 7) is 0.286. The van der Waals surface area contributed by atoms with Gasteiger partial charge in [0.05, 0.1) is 13.3 Å². The van der Waals surface area contributed by atoms with Crippen molar-refractivity contribution in [3.8, 4) is 0 Å². The molecule has 0 aliphatic heterocycles. The number of hydrogen-bond acceptors (Lipinski definition) is 5. The summed E-state index contributed by atoms with van der Waals surface area (Å²) in [7, 11) is -0.520. The minimum Gasteiger partial charge on any atom is -0.469 e. The third-order valence-electron chi connectivity index (χ3n) is 2.32. The van der Waals surface area contributed by atoms with E-state index in [1.165, 1.54) is 24.2 Å². The molecule has 1 heterocycles. The summed E-state index contributed by atoms with van der Waals surface area (Å²) in [6.07, 6.45) is 4.18. The maximum atomic E-state index is 11.7. The Morgan fingerprint density at radius 3 is 2.78 bits per heavy atom. The van der Waals surface area contributed by atoms with E-state index in [-0.39, 0.29) is 17.4 Å². The number of carbonyl (C=O) groups excluding carboxylic acids is 1. The molecule has 1 aromatic heterocycles. The molecule has 102 valence electrons. The molecule has 0 radical (unpaired) electrons. The van der Waals surface area contributed by atoms with Crippen LogP contribution in [0.4, 0.5) is 0 Å². The van der Waals surface area contributed by atoms with Gasteiger partial charge in [0, 0.05) is 26.2 Å². The highest BCUT2D eigenvalue weighted by Crippen LogP contribution is 2.06. The number of hydrogen-bond donors (Lipinski definition) is 1. The molecular weight excluding hydrogens is 258 g/mol. The minimum atomic E-state index is -3.50. The Bertz CT molecular complexity index is 495. The first-order valence-electron chi connectivity index (χ1n) is 5.51. The fourth-order valence-electron chi connectivity index (χ4n) is 1.32. The van der Waals surface area contributed by atoms with Crippen LogP contribution in [-0.2, 0) is 26.6 Å².